The molecule has 0 radical (unpaired) electrons. The fourth-order valence-corrected chi connectivity index (χ4v) is 2.19. The fourth-order valence-electron chi connectivity index (χ4n) is 2.19. The maximum Gasteiger partial charge on any atom is 0.277 e. The van der Waals surface area contributed by atoms with E-state index in [1.54, 1.807) is 6.92 Å². The van der Waals surface area contributed by atoms with Gasteiger partial charge in [0.1, 0.15) is 0 Å². The summed E-state index contributed by atoms with van der Waals surface area (Å²) in [5.41, 5.74) is -2.55. The van der Waals surface area contributed by atoms with Gasteiger partial charge in [0.2, 0.25) is 0 Å². The van der Waals surface area contributed by atoms with E-state index in [4.69, 9.17) is 0 Å². The number of hydrazone groups is 1. The van der Waals surface area contributed by atoms with E-state index in [2.05, 4.69) is 5.10 Å². The van der Waals surface area contributed by atoms with Crippen LogP contribution in [0.1, 0.15) is 30.6 Å². The lowest BCUT2D eigenvalue weighted by Gasteiger charge is -2.26. The minimum Gasteiger partial charge on any atom is -0.369 e. The summed E-state index contributed by atoms with van der Waals surface area (Å²) in [6.45, 7) is 2.97. The zero-order valence-electron chi connectivity index (χ0n) is 11.7. The topological polar surface area (TPSA) is 139 Å². The average Bonchev–Trinajstić information content (AvgIpc) is 2.70. The molecule has 1 N–H and O–H groups in total. The lowest BCUT2D eigenvalue weighted by molar-refractivity contribution is -0.394. The van der Waals surface area contributed by atoms with Crippen LogP contribution in [0.5, 0.6) is 0 Å². The molecule has 22 heavy (non-hydrogen) atoms. The van der Waals surface area contributed by atoms with Crippen molar-refractivity contribution in [1.29, 1.82) is 0 Å². The highest BCUT2D eigenvalue weighted by molar-refractivity contribution is 5.98. The number of nitro benzene ring substituents is 2. The van der Waals surface area contributed by atoms with Crippen LogP contribution < -0.4 is 0 Å². The van der Waals surface area contributed by atoms with E-state index in [-0.39, 0.29) is 12.0 Å². The Morgan fingerprint density at radius 2 is 1.77 bits per heavy atom. The molecule has 1 heterocycles. The Labute approximate surface area is 124 Å². The fraction of sp³-hybridized carbons (Fsp3) is 0.333. The molecule has 0 aromatic heterocycles. The summed E-state index contributed by atoms with van der Waals surface area (Å²) in [4.78, 5) is 32.4. The van der Waals surface area contributed by atoms with E-state index < -0.39 is 32.9 Å². The zero-order valence-corrected chi connectivity index (χ0v) is 11.7. The molecule has 0 aliphatic carbocycles. The molecule has 1 aliphatic heterocycles. The van der Waals surface area contributed by atoms with Crippen LogP contribution in [0.3, 0.4) is 0 Å². The van der Waals surface area contributed by atoms with E-state index >= 15 is 0 Å². The monoisotopic (exact) mass is 308 g/mol. The Morgan fingerprint density at radius 1 is 1.27 bits per heavy atom. The molecule has 2 rings (SSSR count). The third-order valence-corrected chi connectivity index (χ3v) is 3.08. The molecule has 1 atom stereocenters. The van der Waals surface area contributed by atoms with Gasteiger partial charge in [0, 0.05) is 24.3 Å². The molecule has 1 amide bonds. The normalized spacial score (nSPS) is 20.7. The molecular weight excluding hydrogens is 296 g/mol. The summed E-state index contributed by atoms with van der Waals surface area (Å²) in [6.07, 6.45) is 0.121. The Kier molecular flexibility index (Phi) is 3.63. The van der Waals surface area contributed by atoms with Crippen LogP contribution in [0.25, 0.3) is 0 Å². The number of hydrogen-bond donors (Lipinski definition) is 1. The summed E-state index contributed by atoms with van der Waals surface area (Å²) in [6, 6.07) is 2.58. The predicted octanol–water partition coefficient (Wildman–Crippen LogP) is 1.43. The van der Waals surface area contributed by atoms with Crippen molar-refractivity contribution < 1.29 is 19.7 Å². The number of carbonyl (C=O) groups is 1. The van der Waals surface area contributed by atoms with Crippen molar-refractivity contribution in [2.24, 2.45) is 5.10 Å². The standard InChI is InChI=1S/C12H12N4O6/c1-7-6-12(2,18)14(13-7)11(17)8-3-9(15(19)20)5-10(4-8)16(21)22/h3-5,18H,6H2,1-2H3/t12-/m0/s1. The number of nitro groups is 2. The maximum atomic E-state index is 12.4. The first-order valence-electron chi connectivity index (χ1n) is 6.17. The summed E-state index contributed by atoms with van der Waals surface area (Å²) in [5, 5.41) is 36.4. The van der Waals surface area contributed by atoms with E-state index in [0.717, 1.165) is 23.2 Å². The van der Waals surface area contributed by atoms with Gasteiger partial charge in [-0.05, 0) is 13.8 Å². The van der Waals surface area contributed by atoms with Crippen LogP contribution in [0.15, 0.2) is 23.3 Å². The molecule has 1 aliphatic rings. The highest BCUT2D eigenvalue weighted by Crippen LogP contribution is 2.29. The number of carbonyl (C=O) groups excluding carboxylic acids is 1. The summed E-state index contributed by atoms with van der Waals surface area (Å²) < 4.78 is 0. The number of nitrogens with zero attached hydrogens (tertiary/aromatic N) is 4. The van der Waals surface area contributed by atoms with Crippen LogP contribution in [0.2, 0.25) is 0 Å². The van der Waals surface area contributed by atoms with Crippen LogP contribution in [0.4, 0.5) is 11.4 Å². The number of rotatable bonds is 3. The molecule has 0 saturated carbocycles. The predicted molar refractivity (Wildman–Crippen MR) is 74.3 cm³/mol. The Morgan fingerprint density at radius 3 is 2.14 bits per heavy atom. The second-order valence-electron chi connectivity index (χ2n) is 5.10. The van der Waals surface area contributed by atoms with Gasteiger partial charge in [-0.2, -0.15) is 10.1 Å². The number of non-ortho nitro benzene ring substituents is 2. The Bertz CT molecular complexity index is 679. The third kappa shape index (κ3) is 2.76. The van der Waals surface area contributed by atoms with E-state index in [9.17, 15) is 30.1 Å². The molecule has 1 aromatic rings. The SMILES string of the molecule is CC1=NN(C(=O)c2cc([N+](=O)[O-])cc([N+](=O)[O-])c2)[C@@](C)(O)C1. The number of aliphatic hydroxyl groups is 1. The summed E-state index contributed by atoms with van der Waals surface area (Å²) in [7, 11) is 0. The third-order valence-electron chi connectivity index (χ3n) is 3.08. The smallest absolute Gasteiger partial charge is 0.277 e. The molecule has 116 valence electrons. The van der Waals surface area contributed by atoms with Gasteiger partial charge in [0.15, 0.2) is 5.72 Å². The number of hydrogen-bond acceptors (Lipinski definition) is 7. The van der Waals surface area contributed by atoms with Gasteiger partial charge in [-0.3, -0.25) is 25.0 Å². The van der Waals surface area contributed by atoms with Gasteiger partial charge in [0.25, 0.3) is 17.3 Å². The largest absolute Gasteiger partial charge is 0.369 e. The maximum absolute atomic E-state index is 12.4. The van der Waals surface area contributed by atoms with Gasteiger partial charge in [-0.15, -0.1) is 0 Å². The quantitative estimate of drug-likeness (QED) is 0.661. The minimum absolute atomic E-state index is 0.121. The van der Waals surface area contributed by atoms with Crippen LogP contribution in [-0.2, 0) is 0 Å². The van der Waals surface area contributed by atoms with Gasteiger partial charge in [-0.1, -0.05) is 0 Å². The highest BCUT2D eigenvalue weighted by atomic mass is 16.6. The lowest BCUT2D eigenvalue weighted by atomic mass is 10.1. The van der Waals surface area contributed by atoms with E-state index in [1.807, 2.05) is 0 Å². The Hall–Kier alpha value is -2.88. The molecule has 1 aromatic carbocycles. The number of amides is 1. The van der Waals surface area contributed by atoms with Crippen molar-refractivity contribution in [2.45, 2.75) is 26.0 Å². The van der Waals surface area contributed by atoms with Crippen molar-refractivity contribution in [3.8, 4) is 0 Å². The van der Waals surface area contributed by atoms with Crippen molar-refractivity contribution in [3.63, 3.8) is 0 Å². The Balaban J connectivity index is 2.50. The summed E-state index contributed by atoms with van der Waals surface area (Å²) >= 11 is 0. The van der Waals surface area contributed by atoms with Gasteiger partial charge >= 0.3 is 0 Å². The van der Waals surface area contributed by atoms with E-state index in [0.29, 0.717) is 5.71 Å². The first-order chi connectivity index (χ1) is 10.1. The minimum atomic E-state index is -1.58. The molecule has 10 nitrogen and oxygen atoms in total. The average molecular weight is 308 g/mol. The molecule has 0 fully saturated rings. The van der Waals surface area contributed by atoms with Crippen LogP contribution in [0, 0.1) is 20.2 Å². The zero-order chi connectivity index (χ0) is 16.7. The van der Waals surface area contributed by atoms with Crippen molar-refractivity contribution in [3.05, 3.63) is 44.0 Å². The van der Waals surface area contributed by atoms with Gasteiger partial charge in [-0.25, -0.2) is 0 Å². The molecule has 0 saturated heterocycles. The highest BCUT2D eigenvalue weighted by Gasteiger charge is 2.40. The second-order valence-corrected chi connectivity index (χ2v) is 5.10. The van der Waals surface area contributed by atoms with E-state index in [1.165, 1.54) is 6.92 Å². The van der Waals surface area contributed by atoms with Gasteiger partial charge < -0.3 is 5.11 Å². The van der Waals surface area contributed by atoms with Crippen molar-refractivity contribution in [1.82, 2.24) is 5.01 Å². The van der Waals surface area contributed by atoms with Crippen LogP contribution in [-0.4, -0.2) is 37.3 Å². The second kappa shape index (κ2) is 5.15. The van der Waals surface area contributed by atoms with Crippen molar-refractivity contribution >= 4 is 23.0 Å². The van der Waals surface area contributed by atoms with Gasteiger partial charge in [0.05, 0.1) is 21.5 Å². The first-order valence-corrected chi connectivity index (χ1v) is 6.17. The molecule has 0 spiro atoms. The lowest BCUT2D eigenvalue weighted by Crippen LogP contribution is -2.43. The molecule has 0 bridgehead atoms. The molecular formula is C12H12N4O6. The van der Waals surface area contributed by atoms with Crippen molar-refractivity contribution in [2.75, 3.05) is 0 Å². The van der Waals surface area contributed by atoms with Crippen LogP contribution >= 0.6 is 0 Å². The first kappa shape index (κ1) is 15.5. The molecule has 0 unspecified atom stereocenters. The number of benzene rings is 1. The molecule has 10 heteroatoms. The summed E-state index contributed by atoms with van der Waals surface area (Å²) in [5.74, 6) is -0.853.